The Morgan fingerprint density at radius 1 is 1.24 bits per heavy atom. The van der Waals surface area contributed by atoms with Crippen LogP contribution in [0.15, 0.2) is 36.4 Å². The van der Waals surface area contributed by atoms with Gasteiger partial charge in [0.05, 0.1) is 13.7 Å². The molecule has 0 saturated carbocycles. The third kappa shape index (κ3) is 3.91. The standard InChI is InChI=1S/C27H31FN4O5/c1-4-30(10-11-33)8-9-31-25(35)27(2)15-19-18-13-22(37-3)20(28)14-21(18)29-23(19)24(32(27)26(31)36)16-6-5-7-17(34)12-16/h5-7,12-14,24,29,33-34H,4,8-11,15H2,1-3H3. The molecule has 3 amide bonds. The van der Waals surface area contributed by atoms with E-state index in [9.17, 15) is 24.2 Å². The first-order chi connectivity index (χ1) is 17.7. The van der Waals surface area contributed by atoms with Crippen molar-refractivity contribution >= 4 is 22.8 Å². The predicted octanol–water partition coefficient (Wildman–Crippen LogP) is 3.00. The number of aromatic amines is 1. The number of amides is 3. The monoisotopic (exact) mass is 510 g/mol. The molecule has 3 N–H and O–H groups in total. The second-order valence-corrected chi connectivity index (χ2v) is 9.76. The van der Waals surface area contributed by atoms with E-state index >= 15 is 0 Å². The molecule has 1 saturated heterocycles. The molecule has 196 valence electrons. The summed E-state index contributed by atoms with van der Waals surface area (Å²) in [6.45, 7) is 5.48. The topological polar surface area (TPSA) is 109 Å². The molecule has 2 aliphatic heterocycles. The summed E-state index contributed by atoms with van der Waals surface area (Å²) in [6.07, 6.45) is 0.238. The van der Waals surface area contributed by atoms with Gasteiger partial charge >= 0.3 is 6.03 Å². The van der Waals surface area contributed by atoms with E-state index in [2.05, 4.69) is 4.98 Å². The number of aromatic hydroxyl groups is 1. The lowest BCUT2D eigenvalue weighted by atomic mass is 9.81. The predicted molar refractivity (Wildman–Crippen MR) is 135 cm³/mol. The number of aliphatic hydroxyl groups excluding tert-OH is 1. The largest absolute Gasteiger partial charge is 0.508 e. The number of likely N-dealkylation sites (N-methyl/N-ethyl adjacent to an activating group) is 1. The van der Waals surface area contributed by atoms with E-state index in [0.717, 1.165) is 10.9 Å². The molecule has 2 unspecified atom stereocenters. The SMILES string of the molecule is CCN(CCO)CCN1C(=O)N2C(c3cccc(O)c3)c3[nH]c4cc(F)c(OC)cc4c3CC2(C)C1=O. The van der Waals surface area contributed by atoms with Crippen LogP contribution in [0.5, 0.6) is 11.5 Å². The molecule has 0 spiro atoms. The lowest BCUT2D eigenvalue weighted by Gasteiger charge is -2.42. The zero-order valence-electron chi connectivity index (χ0n) is 21.1. The van der Waals surface area contributed by atoms with Crippen molar-refractivity contribution in [2.45, 2.75) is 31.8 Å². The number of phenolic OH excluding ortho intramolecular Hbond substituents is 1. The van der Waals surface area contributed by atoms with Gasteiger partial charge in [-0.3, -0.25) is 19.5 Å². The number of urea groups is 1. The highest BCUT2D eigenvalue weighted by atomic mass is 19.1. The van der Waals surface area contributed by atoms with Gasteiger partial charge in [0.25, 0.3) is 5.91 Å². The van der Waals surface area contributed by atoms with E-state index in [4.69, 9.17) is 4.74 Å². The fourth-order valence-electron chi connectivity index (χ4n) is 5.72. The number of benzene rings is 2. The van der Waals surface area contributed by atoms with Crippen molar-refractivity contribution < 1.29 is 28.9 Å². The average molecular weight is 511 g/mol. The van der Waals surface area contributed by atoms with Crippen LogP contribution in [0.1, 0.15) is 36.7 Å². The Bertz CT molecular complexity index is 1370. The van der Waals surface area contributed by atoms with Crippen LogP contribution in [0, 0.1) is 5.82 Å². The van der Waals surface area contributed by atoms with Crippen molar-refractivity contribution in [2.24, 2.45) is 0 Å². The van der Waals surface area contributed by atoms with Crippen LogP contribution in [-0.2, 0) is 11.2 Å². The molecule has 5 rings (SSSR count). The number of methoxy groups -OCH3 is 1. The number of rotatable bonds is 8. The molecule has 3 heterocycles. The van der Waals surface area contributed by atoms with Crippen molar-refractivity contribution in [3.8, 4) is 11.5 Å². The molecule has 2 aromatic carbocycles. The smallest absolute Gasteiger partial charge is 0.328 e. The number of phenols is 1. The van der Waals surface area contributed by atoms with Gasteiger partial charge in [0.2, 0.25) is 0 Å². The number of hydrogen-bond donors (Lipinski definition) is 3. The number of nitrogens with zero attached hydrogens (tertiary/aromatic N) is 3. The lowest BCUT2D eigenvalue weighted by Crippen LogP contribution is -2.53. The van der Waals surface area contributed by atoms with E-state index in [-0.39, 0.29) is 37.0 Å². The van der Waals surface area contributed by atoms with Crippen molar-refractivity contribution in [3.63, 3.8) is 0 Å². The fraction of sp³-hybridized carbons (Fsp3) is 0.407. The first-order valence-electron chi connectivity index (χ1n) is 12.4. The first-order valence-corrected chi connectivity index (χ1v) is 12.4. The molecule has 1 fully saturated rings. The van der Waals surface area contributed by atoms with Crippen molar-refractivity contribution in [1.29, 1.82) is 0 Å². The molecule has 3 aromatic rings. The molecular weight excluding hydrogens is 479 g/mol. The number of fused-ring (bicyclic) bond motifs is 4. The number of carbonyl (C=O) groups is 2. The van der Waals surface area contributed by atoms with Crippen molar-refractivity contribution in [2.75, 3.05) is 39.9 Å². The zero-order valence-corrected chi connectivity index (χ0v) is 21.1. The van der Waals surface area contributed by atoms with Gasteiger partial charge in [-0.25, -0.2) is 9.18 Å². The van der Waals surface area contributed by atoms with Gasteiger partial charge < -0.3 is 19.9 Å². The average Bonchev–Trinajstić information content (AvgIpc) is 3.30. The Balaban J connectivity index is 1.64. The molecule has 0 radical (unpaired) electrons. The van der Waals surface area contributed by atoms with E-state index in [1.165, 1.54) is 18.1 Å². The van der Waals surface area contributed by atoms with Crippen molar-refractivity contribution in [3.05, 3.63) is 59.0 Å². The number of hydrogen-bond acceptors (Lipinski definition) is 6. The minimum Gasteiger partial charge on any atom is -0.508 e. The second kappa shape index (κ2) is 9.35. The number of aromatic nitrogens is 1. The Morgan fingerprint density at radius 3 is 2.70 bits per heavy atom. The van der Waals surface area contributed by atoms with Crippen LogP contribution >= 0.6 is 0 Å². The molecule has 37 heavy (non-hydrogen) atoms. The van der Waals surface area contributed by atoms with Crippen LogP contribution < -0.4 is 4.74 Å². The summed E-state index contributed by atoms with van der Waals surface area (Å²) in [6, 6.07) is 8.46. The van der Waals surface area contributed by atoms with Crippen LogP contribution in [-0.4, -0.2) is 87.3 Å². The number of nitrogens with one attached hydrogen (secondary N) is 1. The summed E-state index contributed by atoms with van der Waals surface area (Å²) in [4.78, 5) is 35.9. The highest BCUT2D eigenvalue weighted by Crippen LogP contribution is 2.49. The van der Waals surface area contributed by atoms with Crippen LogP contribution in [0.25, 0.3) is 10.9 Å². The molecule has 0 bridgehead atoms. The summed E-state index contributed by atoms with van der Waals surface area (Å²) < 4.78 is 19.8. The first kappa shape index (κ1) is 25.0. The van der Waals surface area contributed by atoms with Gasteiger partial charge in [-0.15, -0.1) is 0 Å². The number of aliphatic hydroxyl groups is 1. The number of carbonyl (C=O) groups excluding carboxylic acids is 2. The van der Waals surface area contributed by atoms with Gasteiger partial charge in [0.15, 0.2) is 11.6 Å². The maximum Gasteiger partial charge on any atom is 0.328 e. The zero-order chi connectivity index (χ0) is 26.5. The van der Waals surface area contributed by atoms with Gasteiger partial charge in [-0.05, 0) is 42.8 Å². The summed E-state index contributed by atoms with van der Waals surface area (Å²) >= 11 is 0. The van der Waals surface area contributed by atoms with Crippen LogP contribution in [0.4, 0.5) is 9.18 Å². The number of H-pyrrole nitrogens is 1. The molecule has 2 aliphatic rings. The number of ether oxygens (including phenoxy) is 1. The molecule has 10 heteroatoms. The Hall–Kier alpha value is -3.63. The second-order valence-electron chi connectivity index (χ2n) is 9.76. The molecule has 0 aliphatic carbocycles. The van der Waals surface area contributed by atoms with E-state index in [1.807, 2.05) is 11.8 Å². The van der Waals surface area contributed by atoms with Crippen molar-refractivity contribution in [1.82, 2.24) is 19.7 Å². The summed E-state index contributed by atoms with van der Waals surface area (Å²) in [7, 11) is 1.40. The molecule has 2 atom stereocenters. The fourth-order valence-corrected chi connectivity index (χ4v) is 5.72. The Kier molecular flexibility index (Phi) is 6.33. The molecule has 1 aromatic heterocycles. The van der Waals surface area contributed by atoms with Gasteiger partial charge in [-0.1, -0.05) is 19.1 Å². The highest BCUT2D eigenvalue weighted by molar-refractivity contribution is 6.08. The third-order valence-corrected chi connectivity index (χ3v) is 7.63. The Morgan fingerprint density at radius 2 is 2.03 bits per heavy atom. The third-order valence-electron chi connectivity index (χ3n) is 7.63. The van der Waals surface area contributed by atoms with Crippen LogP contribution in [0.2, 0.25) is 0 Å². The van der Waals surface area contributed by atoms with Gasteiger partial charge in [-0.2, -0.15) is 0 Å². The van der Waals surface area contributed by atoms with E-state index in [1.54, 1.807) is 42.2 Å². The normalized spacial score (nSPS) is 21.2. The molecular formula is C27H31FN4O5. The van der Waals surface area contributed by atoms with E-state index in [0.29, 0.717) is 36.4 Å². The van der Waals surface area contributed by atoms with Gasteiger partial charge in [0.1, 0.15) is 17.3 Å². The summed E-state index contributed by atoms with van der Waals surface area (Å²) in [5.41, 5.74) is 1.45. The summed E-state index contributed by atoms with van der Waals surface area (Å²) in [5.74, 6) is -0.699. The quantitative estimate of drug-likeness (QED) is 0.402. The highest BCUT2D eigenvalue weighted by Gasteiger charge is 2.60. The lowest BCUT2D eigenvalue weighted by molar-refractivity contribution is -0.133. The van der Waals surface area contributed by atoms with E-state index < -0.39 is 23.4 Å². The Labute approximate surface area is 214 Å². The minimum absolute atomic E-state index is 0.00901. The maximum absolute atomic E-state index is 14.5. The van der Waals surface area contributed by atoms with Gasteiger partial charge in [0, 0.05) is 48.7 Å². The summed E-state index contributed by atoms with van der Waals surface area (Å²) in [5, 5.41) is 20.3. The minimum atomic E-state index is -1.19. The van der Waals surface area contributed by atoms with Crippen LogP contribution in [0.3, 0.4) is 0 Å². The maximum atomic E-state index is 14.5. The number of imide groups is 1. The number of halogens is 1. The molecule has 9 nitrogen and oxygen atoms in total.